The summed E-state index contributed by atoms with van der Waals surface area (Å²) in [5, 5.41) is 8.32. The minimum Gasteiger partial charge on any atom is -0.367 e. The predicted molar refractivity (Wildman–Crippen MR) is 70.1 cm³/mol. The van der Waals surface area contributed by atoms with Gasteiger partial charge >= 0.3 is 0 Å². The van der Waals surface area contributed by atoms with E-state index < -0.39 is 14.8 Å². The van der Waals surface area contributed by atoms with Gasteiger partial charge in [0.1, 0.15) is 10.6 Å². The molecule has 1 aromatic heterocycles. The van der Waals surface area contributed by atoms with E-state index in [0.29, 0.717) is 25.2 Å². The first-order valence-corrected chi connectivity index (χ1v) is 7.65. The van der Waals surface area contributed by atoms with Gasteiger partial charge in [-0.1, -0.05) is 6.42 Å². The molecule has 0 unspecified atom stereocenters. The predicted octanol–water partition coefficient (Wildman–Crippen LogP) is 1.47. The summed E-state index contributed by atoms with van der Waals surface area (Å²) >= 11 is 3.35. The van der Waals surface area contributed by atoms with Crippen LogP contribution in [0.5, 0.6) is 0 Å². The van der Waals surface area contributed by atoms with E-state index in [-0.39, 0.29) is 0 Å². The fourth-order valence-electron chi connectivity index (χ4n) is 1.89. The first-order chi connectivity index (χ1) is 7.95. The molecule has 0 saturated heterocycles. The molecule has 0 aromatic carbocycles. The van der Waals surface area contributed by atoms with E-state index in [9.17, 15) is 8.42 Å². The summed E-state index contributed by atoms with van der Waals surface area (Å²) in [6.45, 7) is 0.307. The molecule has 2 rings (SSSR count). The number of rotatable bonds is 4. The van der Waals surface area contributed by atoms with Gasteiger partial charge in [-0.05, 0) is 40.9 Å². The van der Waals surface area contributed by atoms with E-state index in [4.69, 9.17) is 5.14 Å². The van der Waals surface area contributed by atoms with Gasteiger partial charge in [-0.15, -0.1) is 0 Å². The first kappa shape index (κ1) is 12.8. The van der Waals surface area contributed by atoms with E-state index in [2.05, 4.69) is 26.2 Å². The molecule has 0 bridgehead atoms. The van der Waals surface area contributed by atoms with Gasteiger partial charge in [-0.3, -0.25) is 0 Å². The van der Waals surface area contributed by atoms with E-state index in [1.54, 1.807) is 12.3 Å². The molecule has 5 nitrogen and oxygen atoms in total. The number of pyridine rings is 1. The fourth-order valence-corrected chi connectivity index (χ4v) is 3.42. The third-order valence-electron chi connectivity index (χ3n) is 3.20. The van der Waals surface area contributed by atoms with Gasteiger partial charge < -0.3 is 5.32 Å². The number of primary sulfonamides is 1. The van der Waals surface area contributed by atoms with E-state index in [1.165, 1.54) is 0 Å². The summed E-state index contributed by atoms with van der Waals surface area (Å²) in [5.74, 6) is 0.641. The summed E-state index contributed by atoms with van der Waals surface area (Å²) in [6.07, 6.45) is 3.78. The Hall–Kier alpha value is -0.660. The average molecular weight is 320 g/mol. The molecule has 1 fully saturated rings. The maximum absolute atomic E-state index is 11.5. The lowest BCUT2D eigenvalue weighted by molar-refractivity contribution is 0.351. The first-order valence-electron chi connectivity index (χ1n) is 5.31. The lowest BCUT2D eigenvalue weighted by Crippen LogP contribution is -2.53. The van der Waals surface area contributed by atoms with Crippen LogP contribution in [0.4, 0.5) is 5.82 Å². The molecule has 1 aromatic rings. The monoisotopic (exact) mass is 319 g/mol. The van der Waals surface area contributed by atoms with Crippen molar-refractivity contribution in [2.75, 3.05) is 11.9 Å². The van der Waals surface area contributed by atoms with Gasteiger partial charge in [-0.25, -0.2) is 18.5 Å². The number of nitrogens with zero attached hydrogens (tertiary/aromatic N) is 1. The largest absolute Gasteiger partial charge is 0.367 e. The molecule has 3 N–H and O–H groups in total. The maximum atomic E-state index is 11.5. The highest BCUT2D eigenvalue weighted by Gasteiger charge is 2.47. The van der Waals surface area contributed by atoms with Crippen molar-refractivity contribution in [2.45, 2.75) is 24.0 Å². The molecule has 1 aliphatic rings. The number of halogens is 1. The molecule has 94 valence electrons. The molecule has 0 aliphatic heterocycles. The van der Waals surface area contributed by atoms with Crippen LogP contribution in [0.2, 0.25) is 0 Å². The van der Waals surface area contributed by atoms with Crippen LogP contribution in [0.15, 0.2) is 22.8 Å². The smallest absolute Gasteiger partial charge is 0.216 e. The van der Waals surface area contributed by atoms with Crippen LogP contribution >= 0.6 is 15.9 Å². The van der Waals surface area contributed by atoms with Crippen molar-refractivity contribution >= 4 is 31.8 Å². The Morgan fingerprint density at radius 1 is 1.53 bits per heavy atom. The van der Waals surface area contributed by atoms with Crippen molar-refractivity contribution in [3.05, 3.63) is 22.8 Å². The zero-order valence-corrected chi connectivity index (χ0v) is 11.6. The third kappa shape index (κ3) is 2.46. The minimum atomic E-state index is -3.52. The van der Waals surface area contributed by atoms with Crippen LogP contribution in [-0.2, 0) is 10.0 Å². The number of nitrogens with one attached hydrogen (secondary N) is 1. The number of hydrogen-bond donors (Lipinski definition) is 2. The number of nitrogens with two attached hydrogens (primary N) is 1. The molecule has 0 amide bonds. The number of hydrogen-bond acceptors (Lipinski definition) is 4. The standard InChI is InChI=1S/C10H14BrN3O2S/c11-8-3-1-6-13-9(8)14-7-10(4-2-5-10)17(12,15)16/h1,3,6H,2,4-5,7H2,(H,13,14)(H2,12,15,16). The Morgan fingerprint density at radius 3 is 2.71 bits per heavy atom. The second-order valence-corrected chi connectivity index (χ2v) is 7.08. The van der Waals surface area contributed by atoms with Gasteiger partial charge in [-0.2, -0.15) is 0 Å². The molecule has 0 radical (unpaired) electrons. The number of aromatic nitrogens is 1. The zero-order valence-electron chi connectivity index (χ0n) is 9.19. The topological polar surface area (TPSA) is 85.1 Å². The highest BCUT2D eigenvalue weighted by atomic mass is 79.9. The number of sulfonamides is 1. The third-order valence-corrected chi connectivity index (χ3v) is 5.60. The Labute approximate surface area is 109 Å². The molecule has 0 atom stereocenters. The van der Waals surface area contributed by atoms with Gasteiger partial charge in [0.25, 0.3) is 0 Å². The van der Waals surface area contributed by atoms with Crippen LogP contribution in [-0.4, -0.2) is 24.7 Å². The Bertz CT molecular complexity index is 514. The van der Waals surface area contributed by atoms with Crippen LogP contribution < -0.4 is 10.5 Å². The van der Waals surface area contributed by atoms with Crippen molar-refractivity contribution < 1.29 is 8.42 Å². The summed E-state index contributed by atoms with van der Waals surface area (Å²) < 4.78 is 23.1. The van der Waals surface area contributed by atoms with Crippen molar-refractivity contribution in [3.8, 4) is 0 Å². The Balaban J connectivity index is 2.10. The lowest BCUT2D eigenvalue weighted by atomic mass is 9.84. The van der Waals surface area contributed by atoms with Gasteiger partial charge in [0.2, 0.25) is 10.0 Å². The second-order valence-electron chi connectivity index (χ2n) is 4.27. The van der Waals surface area contributed by atoms with Crippen molar-refractivity contribution in [3.63, 3.8) is 0 Å². The molecule has 1 aliphatic carbocycles. The Morgan fingerprint density at radius 2 is 2.24 bits per heavy atom. The zero-order chi connectivity index (χ0) is 12.5. The summed E-state index contributed by atoms with van der Waals surface area (Å²) in [4.78, 5) is 4.13. The average Bonchev–Trinajstić information content (AvgIpc) is 2.16. The van der Waals surface area contributed by atoms with Crippen LogP contribution in [0.3, 0.4) is 0 Å². The molecule has 7 heteroatoms. The quantitative estimate of drug-likeness (QED) is 0.880. The van der Waals surface area contributed by atoms with E-state index >= 15 is 0 Å². The van der Waals surface area contributed by atoms with Gasteiger partial charge in [0.15, 0.2) is 0 Å². The molecule has 0 spiro atoms. The van der Waals surface area contributed by atoms with Crippen LogP contribution in [0.25, 0.3) is 0 Å². The molecular formula is C10H14BrN3O2S. The van der Waals surface area contributed by atoms with E-state index in [1.807, 2.05) is 6.07 Å². The highest BCUT2D eigenvalue weighted by molar-refractivity contribution is 9.10. The fraction of sp³-hybridized carbons (Fsp3) is 0.500. The van der Waals surface area contributed by atoms with E-state index in [0.717, 1.165) is 10.9 Å². The van der Waals surface area contributed by atoms with Gasteiger partial charge in [0, 0.05) is 12.7 Å². The summed E-state index contributed by atoms with van der Waals surface area (Å²) in [7, 11) is -3.52. The normalized spacial score (nSPS) is 18.5. The summed E-state index contributed by atoms with van der Waals surface area (Å²) in [6, 6.07) is 3.65. The molecular weight excluding hydrogens is 306 g/mol. The van der Waals surface area contributed by atoms with Crippen LogP contribution in [0.1, 0.15) is 19.3 Å². The summed E-state index contributed by atoms with van der Waals surface area (Å²) in [5.41, 5.74) is 0. The maximum Gasteiger partial charge on any atom is 0.216 e. The SMILES string of the molecule is NS(=O)(=O)C1(CNc2ncccc2Br)CCC1. The number of anilines is 1. The van der Waals surface area contributed by atoms with Crippen molar-refractivity contribution in [2.24, 2.45) is 5.14 Å². The van der Waals surface area contributed by atoms with Crippen molar-refractivity contribution in [1.82, 2.24) is 4.98 Å². The van der Waals surface area contributed by atoms with Gasteiger partial charge in [0.05, 0.1) is 4.47 Å². The molecule has 1 heterocycles. The second kappa shape index (κ2) is 4.55. The van der Waals surface area contributed by atoms with Crippen LogP contribution in [0, 0.1) is 0 Å². The lowest BCUT2D eigenvalue weighted by Gasteiger charge is -2.39. The minimum absolute atomic E-state index is 0.307. The molecule has 17 heavy (non-hydrogen) atoms. The highest BCUT2D eigenvalue weighted by Crippen LogP contribution is 2.38. The molecule has 1 saturated carbocycles. The van der Waals surface area contributed by atoms with Crippen molar-refractivity contribution in [1.29, 1.82) is 0 Å². The Kier molecular flexibility index (Phi) is 3.42.